The zero-order valence-electron chi connectivity index (χ0n) is 11.2. The van der Waals surface area contributed by atoms with Crippen LogP contribution in [-0.4, -0.2) is 6.03 Å². The van der Waals surface area contributed by atoms with Crippen molar-refractivity contribution in [2.24, 2.45) is 0 Å². The molecular weight excluding hydrogens is 295 g/mol. The summed E-state index contributed by atoms with van der Waals surface area (Å²) < 4.78 is 39.1. The fourth-order valence-electron chi connectivity index (χ4n) is 1.72. The van der Waals surface area contributed by atoms with Gasteiger partial charge >= 0.3 is 6.03 Å². The topological polar surface area (TPSA) is 64.9 Å². The van der Waals surface area contributed by atoms with Crippen LogP contribution in [0, 0.1) is 28.8 Å². The largest absolute Gasteiger partial charge is 0.334 e. The molecule has 0 fully saturated rings. The quantitative estimate of drug-likeness (QED) is 0.855. The van der Waals surface area contributed by atoms with Crippen LogP contribution in [0.15, 0.2) is 36.4 Å². The Morgan fingerprint density at radius 1 is 1.09 bits per heavy atom. The summed E-state index contributed by atoms with van der Waals surface area (Å²) in [5.41, 5.74) is 0.633. The smallest absolute Gasteiger partial charge is 0.319 e. The number of nitrogens with zero attached hydrogens (tertiary/aromatic N) is 1. The lowest BCUT2D eigenvalue weighted by Crippen LogP contribution is -2.28. The number of anilines is 1. The summed E-state index contributed by atoms with van der Waals surface area (Å²) in [6.45, 7) is 0.0899. The standard InChI is InChI=1S/C15H10F3N3O/c16-11-5-13(18)14(6-12(11)17)21-15(22)20-8-10-3-1-2-9(4-10)7-19/h1-6H,8H2,(H2,20,21,22). The summed E-state index contributed by atoms with van der Waals surface area (Å²) in [5.74, 6) is -3.68. The monoisotopic (exact) mass is 305 g/mol. The molecule has 4 nitrogen and oxygen atoms in total. The Bertz CT molecular complexity index is 756. The number of hydrogen-bond acceptors (Lipinski definition) is 2. The van der Waals surface area contributed by atoms with E-state index in [0.717, 1.165) is 0 Å². The molecule has 0 aliphatic carbocycles. The van der Waals surface area contributed by atoms with Gasteiger partial charge in [-0.1, -0.05) is 12.1 Å². The minimum absolute atomic E-state index is 0.0899. The first kappa shape index (κ1) is 15.4. The summed E-state index contributed by atoms with van der Waals surface area (Å²) in [6.07, 6.45) is 0. The van der Waals surface area contributed by atoms with Gasteiger partial charge in [-0.05, 0) is 17.7 Å². The molecule has 22 heavy (non-hydrogen) atoms. The van der Waals surface area contributed by atoms with Crippen molar-refractivity contribution in [3.8, 4) is 6.07 Å². The first-order valence-corrected chi connectivity index (χ1v) is 6.18. The van der Waals surface area contributed by atoms with E-state index in [1.807, 2.05) is 6.07 Å². The maximum absolute atomic E-state index is 13.4. The molecule has 0 bridgehead atoms. The summed E-state index contributed by atoms with van der Waals surface area (Å²) >= 11 is 0. The molecule has 0 heterocycles. The number of hydrogen-bond donors (Lipinski definition) is 2. The molecule has 2 N–H and O–H groups in total. The molecule has 0 aromatic heterocycles. The molecule has 2 aromatic rings. The average Bonchev–Trinajstić information content (AvgIpc) is 2.51. The predicted molar refractivity (Wildman–Crippen MR) is 73.3 cm³/mol. The Hall–Kier alpha value is -3.01. The molecule has 0 saturated carbocycles. The molecule has 0 atom stereocenters. The highest BCUT2D eigenvalue weighted by Gasteiger charge is 2.12. The van der Waals surface area contributed by atoms with Crippen molar-refractivity contribution in [1.29, 1.82) is 5.26 Å². The zero-order valence-corrected chi connectivity index (χ0v) is 11.2. The highest BCUT2D eigenvalue weighted by molar-refractivity contribution is 5.89. The van der Waals surface area contributed by atoms with Gasteiger partial charge in [-0.15, -0.1) is 0 Å². The van der Waals surface area contributed by atoms with Crippen LogP contribution in [-0.2, 0) is 6.54 Å². The van der Waals surface area contributed by atoms with E-state index in [2.05, 4.69) is 10.6 Å². The average molecular weight is 305 g/mol. The van der Waals surface area contributed by atoms with Crippen molar-refractivity contribution in [3.63, 3.8) is 0 Å². The van der Waals surface area contributed by atoms with E-state index in [-0.39, 0.29) is 6.54 Å². The van der Waals surface area contributed by atoms with Crippen molar-refractivity contribution in [2.45, 2.75) is 6.54 Å². The molecule has 0 radical (unpaired) electrons. The van der Waals surface area contributed by atoms with Crippen molar-refractivity contribution < 1.29 is 18.0 Å². The van der Waals surface area contributed by atoms with Crippen LogP contribution in [0.2, 0.25) is 0 Å². The second-order valence-corrected chi connectivity index (χ2v) is 4.37. The van der Waals surface area contributed by atoms with E-state index in [1.165, 1.54) is 0 Å². The summed E-state index contributed by atoms with van der Waals surface area (Å²) in [6, 6.07) is 8.62. The molecule has 0 aliphatic heterocycles. The van der Waals surface area contributed by atoms with Gasteiger partial charge in [-0.25, -0.2) is 18.0 Å². The highest BCUT2D eigenvalue weighted by Crippen LogP contribution is 2.18. The number of nitrogens with one attached hydrogen (secondary N) is 2. The number of rotatable bonds is 3. The molecule has 0 aliphatic rings. The van der Waals surface area contributed by atoms with E-state index in [1.54, 1.807) is 24.3 Å². The zero-order chi connectivity index (χ0) is 16.1. The minimum atomic E-state index is -1.34. The molecule has 0 saturated heterocycles. The van der Waals surface area contributed by atoms with E-state index in [0.29, 0.717) is 23.3 Å². The minimum Gasteiger partial charge on any atom is -0.334 e. The maximum atomic E-state index is 13.4. The Balaban J connectivity index is 1.99. The van der Waals surface area contributed by atoms with Gasteiger partial charge in [0, 0.05) is 18.7 Å². The van der Waals surface area contributed by atoms with Crippen molar-refractivity contribution in [3.05, 3.63) is 65.0 Å². The second-order valence-electron chi connectivity index (χ2n) is 4.37. The number of carbonyl (C=O) groups is 1. The Morgan fingerprint density at radius 2 is 1.82 bits per heavy atom. The summed E-state index contributed by atoms with van der Waals surface area (Å²) in [4.78, 5) is 11.6. The van der Waals surface area contributed by atoms with Crippen LogP contribution in [0.25, 0.3) is 0 Å². The van der Waals surface area contributed by atoms with Gasteiger partial charge in [0.15, 0.2) is 11.6 Å². The Kier molecular flexibility index (Phi) is 4.63. The molecule has 2 amide bonds. The first-order chi connectivity index (χ1) is 10.5. The molecule has 112 valence electrons. The lowest BCUT2D eigenvalue weighted by molar-refractivity contribution is 0.251. The van der Waals surface area contributed by atoms with Crippen LogP contribution < -0.4 is 10.6 Å². The van der Waals surface area contributed by atoms with Crippen LogP contribution in [0.3, 0.4) is 0 Å². The fourth-order valence-corrected chi connectivity index (χ4v) is 1.72. The lowest BCUT2D eigenvalue weighted by atomic mass is 10.1. The van der Waals surface area contributed by atoms with Crippen molar-refractivity contribution in [1.82, 2.24) is 5.32 Å². The third-order valence-corrected chi connectivity index (χ3v) is 2.77. The predicted octanol–water partition coefficient (Wildman–Crippen LogP) is 3.30. The summed E-state index contributed by atoms with van der Waals surface area (Å²) in [7, 11) is 0. The molecule has 0 spiro atoms. The van der Waals surface area contributed by atoms with Gasteiger partial charge in [0.2, 0.25) is 0 Å². The van der Waals surface area contributed by atoms with Gasteiger partial charge < -0.3 is 10.6 Å². The third kappa shape index (κ3) is 3.76. The molecule has 2 aromatic carbocycles. The van der Waals surface area contributed by atoms with E-state index in [4.69, 9.17) is 5.26 Å². The molecule has 2 rings (SSSR count). The van der Waals surface area contributed by atoms with Gasteiger partial charge in [0.05, 0.1) is 17.3 Å². The van der Waals surface area contributed by atoms with E-state index >= 15 is 0 Å². The van der Waals surface area contributed by atoms with Gasteiger partial charge in [0.25, 0.3) is 0 Å². The summed E-state index contributed by atoms with van der Waals surface area (Å²) in [5, 5.41) is 13.3. The van der Waals surface area contributed by atoms with Crippen LogP contribution in [0.5, 0.6) is 0 Å². The van der Waals surface area contributed by atoms with Gasteiger partial charge in [0.1, 0.15) is 5.82 Å². The van der Waals surface area contributed by atoms with Crippen LogP contribution in [0.4, 0.5) is 23.7 Å². The second kappa shape index (κ2) is 6.63. The Morgan fingerprint density at radius 3 is 2.55 bits per heavy atom. The number of nitriles is 1. The third-order valence-electron chi connectivity index (χ3n) is 2.77. The normalized spacial score (nSPS) is 9.91. The number of carbonyl (C=O) groups excluding carboxylic acids is 1. The number of urea groups is 1. The van der Waals surface area contributed by atoms with Crippen molar-refractivity contribution >= 4 is 11.7 Å². The molecular formula is C15H10F3N3O. The maximum Gasteiger partial charge on any atom is 0.319 e. The van der Waals surface area contributed by atoms with Crippen LogP contribution >= 0.6 is 0 Å². The highest BCUT2D eigenvalue weighted by atomic mass is 19.2. The number of benzene rings is 2. The fraction of sp³-hybridized carbons (Fsp3) is 0.0667. The van der Waals surface area contributed by atoms with Gasteiger partial charge in [-0.2, -0.15) is 5.26 Å². The van der Waals surface area contributed by atoms with Crippen molar-refractivity contribution in [2.75, 3.05) is 5.32 Å². The molecule has 7 heteroatoms. The lowest BCUT2D eigenvalue weighted by Gasteiger charge is -2.09. The van der Waals surface area contributed by atoms with E-state index in [9.17, 15) is 18.0 Å². The molecule has 0 unspecified atom stereocenters. The van der Waals surface area contributed by atoms with Crippen LogP contribution in [0.1, 0.15) is 11.1 Å². The first-order valence-electron chi connectivity index (χ1n) is 6.18. The van der Waals surface area contributed by atoms with E-state index < -0.39 is 29.2 Å². The number of amides is 2. The number of halogens is 3. The van der Waals surface area contributed by atoms with Gasteiger partial charge in [-0.3, -0.25) is 0 Å². The Labute approximate surface area is 124 Å². The SMILES string of the molecule is N#Cc1cccc(CNC(=O)Nc2cc(F)c(F)cc2F)c1.